The van der Waals surface area contributed by atoms with E-state index in [2.05, 4.69) is 15.2 Å². The lowest BCUT2D eigenvalue weighted by molar-refractivity contribution is -0.157. The molecular weight excluding hydrogens is 642 g/mol. The van der Waals surface area contributed by atoms with E-state index in [4.69, 9.17) is 4.42 Å². The van der Waals surface area contributed by atoms with E-state index in [1.54, 1.807) is 40.1 Å². The minimum atomic E-state index is -4.68. The van der Waals surface area contributed by atoms with Crippen molar-refractivity contribution in [2.75, 3.05) is 9.80 Å². The third kappa shape index (κ3) is 5.23. The highest BCUT2D eigenvalue weighted by atomic mass is 19.4. The minimum Gasteiger partial charge on any atom is -0.413 e. The van der Waals surface area contributed by atoms with Crippen LogP contribution in [0, 0.1) is 0 Å². The number of imidazole rings is 1. The van der Waals surface area contributed by atoms with Gasteiger partial charge >= 0.3 is 18.2 Å². The van der Waals surface area contributed by atoms with Crippen LogP contribution in [0.25, 0.3) is 17.1 Å². The van der Waals surface area contributed by atoms with E-state index >= 15 is 0 Å². The lowest BCUT2D eigenvalue weighted by Crippen LogP contribution is -2.37. The Morgan fingerprint density at radius 3 is 1.77 bits per heavy atom. The molecule has 48 heavy (non-hydrogen) atoms. The molecule has 0 unspecified atom stereocenters. The number of alkyl halides is 6. The summed E-state index contributed by atoms with van der Waals surface area (Å²) in [5, 5.41) is 6.52. The number of nitrogens with zero attached hydrogens (tertiary/aromatic N) is 6. The summed E-state index contributed by atoms with van der Waals surface area (Å²) in [7, 11) is 0. The molecule has 9 nitrogen and oxygen atoms in total. The van der Waals surface area contributed by atoms with Crippen molar-refractivity contribution in [2.24, 2.45) is 0 Å². The molecule has 0 spiro atoms. The number of hydrogen-bond acceptors (Lipinski definition) is 6. The monoisotopic (exact) mass is 672 g/mol. The number of aromatic nitrogens is 4. The molecule has 2 aromatic heterocycles. The highest BCUT2D eigenvalue weighted by Gasteiger charge is 2.50. The zero-order valence-corrected chi connectivity index (χ0v) is 26.3. The first kappa shape index (κ1) is 31.9. The van der Waals surface area contributed by atoms with Gasteiger partial charge in [-0.25, -0.2) is 4.98 Å². The Labute approximate surface area is 270 Å². The van der Waals surface area contributed by atoms with E-state index in [1.165, 1.54) is 4.57 Å². The molecular formula is C33H30F6N6O3. The number of fused-ring (bicyclic) bond motifs is 2. The SMILES string of the molecule is CC1(C)C(=O)N(C2CC2)c2cc(-c3nnc(C(F)(F)F)o3)ccc21.CC1(C)C(=O)N(C2CC2)c2cc(-n3cnc(C(F)(F)F)c3)ccc21. The molecule has 15 heteroatoms. The summed E-state index contributed by atoms with van der Waals surface area (Å²) < 4.78 is 82.1. The maximum atomic E-state index is 12.7. The number of hydrogen-bond donors (Lipinski definition) is 0. The zero-order valence-electron chi connectivity index (χ0n) is 26.3. The largest absolute Gasteiger partial charge is 0.470 e. The first-order chi connectivity index (χ1) is 22.4. The fraction of sp³-hybridized carbons (Fsp3) is 0.424. The summed E-state index contributed by atoms with van der Waals surface area (Å²) >= 11 is 0. The van der Waals surface area contributed by atoms with Crippen molar-refractivity contribution in [2.45, 2.75) is 88.6 Å². The Balaban J connectivity index is 0.000000152. The summed E-state index contributed by atoms with van der Waals surface area (Å²) in [5.41, 5.74) is 2.03. The molecule has 2 fully saturated rings. The van der Waals surface area contributed by atoms with Crippen LogP contribution in [0.3, 0.4) is 0 Å². The molecule has 8 rings (SSSR count). The van der Waals surface area contributed by atoms with Crippen molar-refractivity contribution < 1.29 is 40.3 Å². The van der Waals surface area contributed by atoms with Gasteiger partial charge in [0.2, 0.25) is 17.7 Å². The fourth-order valence-electron chi connectivity index (χ4n) is 6.31. The second-order valence-electron chi connectivity index (χ2n) is 13.6. The Morgan fingerprint density at radius 1 is 0.750 bits per heavy atom. The lowest BCUT2D eigenvalue weighted by atomic mass is 9.86. The maximum absolute atomic E-state index is 12.7. The molecule has 2 aliphatic heterocycles. The van der Waals surface area contributed by atoms with Crippen molar-refractivity contribution in [3.63, 3.8) is 0 Å². The molecule has 252 valence electrons. The van der Waals surface area contributed by atoms with Gasteiger partial charge in [0, 0.05) is 35.2 Å². The van der Waals surface area contributed by atoms with E-state index in [9.17, 15) is 35.9 Å². The van der Waals surface area contributed by atoms with Crippen LogP contribution in [0.5, 0.6) is 0 Å². The van der Waals surface area contributed by atoms with Crippen LogP contribution in [0.4, 0.5) is 37.7 Å². The van der Waals surface area contributed by atoms with E-state index < -0.39 is 34.8 Å². The summed E-state index contributed by atoms with van der Waals surface area (Å²) in [4.78, 5) is 32.4. The van der Waals surface area contributed by atoms with Gasteiger partial charge in [-0.3, -0.25) is 9.59 Å². The van der Waals surface area contributed by atoms with E-state index in [1.807, 2.05) is 33.8 Å². The van der Waals surface area contributed by atoms with Gasteiger partial charge in [-0.15, -0.1) is 10.2 Å². The standard InChI is InChI=1S/C17H16F3N3O.C16H14F3N3O2/c1-16(2)12-6-5-11(22-8-14(21-9-22)17(18,19)20)7-13(12)23(15(16)24)10-3-4-10;1-15(2)10-6-3-8(12-20-21-13(24-12)16(17,18)19)7-11(10)22(14(15)23)9-4-5-9/h5-10H,3-4H2,1-2H3;3,6-7,9H,4-5H2,1-2H3. The number of carbonyl (C=O) groups excluding carboxylic acids is 2. The Bertz CT molecular complexity index is 1810. The Hall–Kier alpha value is -4.69. The van der Waals surface area contributed by atoms with Crippen LogP contribution >= 0.6 is 0 Å². The second-order valence-corrected chi connectivity index (χ2v) is 13.6. The number of amides is 2. The normalized spacial score (nSPS) is 19.7. The van der Waals surface area contributed by atoms with Gasteiger partial charge in [-0.05, 0) is 88.8 Å². The lowest BCUT2D eigenvalue weighted by Gasteiger charge is -2.19. The number of anilines is 2. The Morgan fingerprint density at radius 2 is 1.29 bits per heavy atom. The molecule has 2 aromatic carbocycles. The molecule has 0 bridgehead atoms. The highest BCUT2D eigenvalue weighted by Crippen LogP contribution is 2.49. The van der Waals surface area contributed by atoms with Crippen LogP contribution in [0.15, 0.2) is 53.3 Å². The van der Waals surface area contributed by atoms with Crippen molar-refractivity contribution in [1.29, 1.82) is 0 Å². The van der Waals surface area contributed by atoms with Crippen molar-refractivity contribution in [3.8, 4) is 17.1 Å². The summed E-state index contributed by atoms with van der Waals surface area (Å²) in [6.45, 7) is 7.47. The van der Waals surface area contributed by atoms with Crippen LogP contribution in [0.2, 0.25) is 0 Å². The summed E-state index contributed by atoms with van der Waals surface area (Å²) in [5.74, 6) is -1.52. The molecule has 0 saturated heterocycles. The van der Waals surface area contributed by atoms with Crippen LogP contribution in [0.1, 0.15) is 76.1 Å². The van der Waals surface area contributed by atoms with E-state index in [0.29, 0.717) is 11.3 Å². The molecule has 4 aliphatic rings. The number of halogens is 6. The fourth-order valence-corrected chi connectivity index (χ4v) is 6.31. The average Bonchev–Trinajstić information content (AvgIpc) is 3.88. The average molecular weight is 673 g/mol. The third-order valence-corrected chi connectivity index (χ3v) is 9.26. The maximum Gasteiger partial charge on any atom is 0.470 e. The van der Waals surface area contributed by atoms with Gasteiger partial charge in [0.05, 0.1) is 22.8 Å². The van der Waals surface area contributed by atoms with Gasteiger partial charge in [-0.1, -0.05) is 12.1 Å². The third-order valence-electron chi connectivity index (χ3n) is 9.26. The van der Waals surface area contributed by atoms with Crippen molar-refractivity contribution in [1.82, 2.24) is 19.7 Å². The van der Waals surface area contributed by atoms with E-state index in [-0.39, 0.29) is 29.8 Å². The van der Waals surface area contributed by atoms with Crippen LogP contribution in [-0.2, 0) is 32.8 Å². The van der Waals surface area contributed by atoms with Gasteiger partial charge < -0.3 is 18.8 Å². The summed E-state index contributed by atoms with van der Waals surface area (Å²) in [6, 6.07) is 10.7. The highest BCUT2D eigenvalue weighted by molar-refractivity contribution is 6.09. The van der Waals surface area contributed by atoms with Crippen molar-refractivity contribution in [3.05, 3.63) is 71.6 Å². The minimum absolute atomic E-state index is 0.0126. The first-order valence-corrected chi connectivity index (χ1v) is 15.4. The van der Waals surface area contributed by atoms with Gasteiger partial charge in [0.15, 0.2) is 5.69 Å². The molecule has 4 heterocycles. The molecule has 2 amide bonds. The molecule has 0 atom stereocenters. The quantitative estimate of drug-likeness (QED) is 0.213. The second kappa shape index (κ2) is 10.4. The van der Waals surface area contributed by atoms with Gasteiger partial charge in [0.1, 0.15) is 0 Å². The first-order valence-electron chi connectivity index (χ1n) is 15.4. The van der Waals surface area contributed by atoms with Gasteiger partial charge in [0.25, 0.3) is 0 Å². The van der Waals surface area contributed by atoms with Crippen LogP contribution in [-0.4, -0.2) is 43.6 Å². The molecule has 2 saturated carbocycles. The smallest absolute Gasteiger partial charge is 0.413 e. The Kier molecular flexibility index (Phi) is 6.91. The molecule has 0 radical (unpaired) electrons. The summed E-state index contributed by atoms with van der Waals surface area (Å²) in [6.07, 6.45) is -3.24. The zero-order chi connectivity index (χ0) is 34.6. The number of benzene rings is 2. The number of carbonyl (C=O) groups is 2. The van der Waals surface area contributed by atoms with Crippen molar-refractivity contribution >= 4 is 23.2 Å². The van der Waals surface area contributed by atoms with Gasteiger partial charge in [-0.2, -0.15) is 26.3 Å². The van der Waals surface area contributed by atoms with E-state index in [0.717, 1.165) is 60.7 Å². The predicted octanol–water partition coefficient (Wildman–Crippen LogP) is 7.22. The number of rotatable bonds is 4. The topological polar surface area (TPSA) is 97.4 Å². The molecule has 2 aliphatic carbocycles. The predicted molar refractivity (Wildman–Crippen MR) is 160 cm³/mol. The molecule has 0 N–H and O–H groups in total. The molecule has 4 aromatic rings. The van der Waals surface area contributed by atoms with Crippen LogP contribution < -0.4 is 9.80 Å².